The number of carbonyl (C=O) groups is 2. The van der Waals surface area contributed by atoms with E-state index in [9.17, 15) is 14.0 Å². The summed E-state index contributed by atoms with van der Waals surface area (Å²) in [5, 5.41) is 0.721. The van der Waals surface area contributed by atoms with Crippen molar-refractivity contribution in [3.63, 3.8) is 0 Å². The molecule has 0 aliphatic carbocycles. The van der Waals surface area contributed by atoms with E-state index < -0.39 is 0 Å². The molecule has 0 saturated carbocycles. The summed E-state index contributed by atoms with van der Waals surface area (Å²) in [7, 11) is 0. The maximum atomic E-state index is 14.1. The summed E-state index contributed by atoms with van der Waals surface area (Å²) in [5.74, 6) is -0.559. The van der Waals surface area contributed by atoms with Gasteiger partial charge in [0.25, 0.3) is 5.91 Å². The number of piperazine rings is 1. The third-order valence-corrected chi connectivity index (χ3v) is 5.07. The Kier molecular flexibility index (Phi) is 4.62. The second-order valence-electron chi connectivity index (χ2n) is 5.69. The maximum absolute atomic E-state index is 14.1. The number of halogens is 1. The van der Waals surface area contributed by atoms with Crippen molar-refractivity contribution in [3.05, 3.63) is 40.8 Å². The van der Waals surface area contributed by atoms with Gasteiger partial charge in [-0.25, -0.2) is 9.37 Å². The lowest BCUT2D eigenvalue weighted by molar-refractivity contribution is -0.130. The highest BCUT2D eigenvalue weighted by molar-refractivity contribution is 7.15. The van der Waals surface area contributed by atoms with Crippen LogP contribution in [0.1, 0.15) is 22.4 Å². The molecule has 1 aliphatic heterocycles. The Hall–Kier alpha value is -2.28. The van der Waals surface area contributed by atoms with Crippen molar-refractivity contribution in [3.8, 4) is 10.4 Å². The summed E-state index contributed by atoms with van der Waals surface area (Å²) in [6.07, 6.45) is 0. The Morgan fingerprint density at radius 2 is 1.75 bits per heavy atom. The van der Waals surface area contributed by atoms with Gasteiger partial charge in [0.1, 0.15) is 11.5 Å². The SMILES string of the molecule is CC(=O)N1CCN(C(=O)c2nc(C)sc2-c2ccccc2F)CC1. The predicted molar refractivity (Wildman–Crippen MR) is 90.4 cm³/mol. The topological polar surface area (TPSA) is 53.5 Å². The first-order chi connectivity index (χ1) is 11.5. The van der Waals surface area contributed by atoms with E-state index >= 15 is 0 Å². The lowest BCUT2D eigenvalue weighted by Crippen LogP contribution is -2.50. The zero-order valence-corrected chi connectivity index (χ0v) is 14.4. The number of nitrogens with zero attached hydrogens (tertiary/aromatic N) is 3. The standard InChI is InChI=1S/C17H18FN3O2S/c1-11-19-15(16(24-11)13-5-3-4-6-14(13)18)17(23)21-9-7-20(8-10-21)12(2)22/h3-6H,7-10H2,1-2H3. The Balaban J connectivity index is 1.87. The van der Waals surface area contributed by atoms with Gasteiger partial charge in [0.05, 0.1) is 9.88 Å². The van der Waals surface area contributed by atoms with Crippen LogP contribution < -0.4 is 0 Å². The molecule has 2 amide bonds. The number of rotatable bonds is 2. The Morgan fingerprint density at radius 3 is 2.38 bits per heavy atom. The van der Waals surface area contributed by atoms with Crippen molar-refractivity contribution < 1.29 is 14.0 Å². The van der Waals surface area contributed by atoms with Crippen LogP contribution >= 0.6 is 11.3 Å². The molecule has 0 unspecified atom stereocenters. The molecule has 5 nitrogen and oxygen atoms in total. The predicted octanol–water partition coefficient (Wildman–Crippen LogP) is 2.56. The van der Waals surface area contributed by atoms with Crippen molar-refractivity contribution >= 4 is 23.2 Å². The van der Waals surface area contributed by atoms with E-state index in [0.29, 0.717) is 42.3 Å². The van der Waals surface area contributed by atoms with E-state index in [-0.39, 0.29) is 17.6 Å². The van der Waals surface area contributed by atoms with Crippen molar-refractivity contribution in [2.45, 2.75) is 13.8 Å². The summed E-state index contributed by atoms with van der Waals surface area (Å²) in [6, 6.07) is 6.40. The summed E-state index contributed by atoms with van der Waals surface area (Å²) in [4.78, 5) is 32.5. The van der Waals surface area contributed by atoms with Crippen molar-refractivity contribution in [1.82, 2.24) is 14.8 Å². The second-order valence-corrected chi connectivity index (χ2v) is 6.89. The third kappa shape index (κ3) is 3.17. The highest BCUT2D eigenvalue weighted by Crippen LogP contribution is 2.32. The molecule has 0 radical (unpaired) electrons. The van der Waals surface area contributed by atoms with Crippen LogP contribution in [0.2, 0.25) is 0 Å². The molecule has 0 N–H and O–H groups in total. The van der Waals surface area contributed by atoms with Crippen molar-refractivity contribution in [1.29, 1.82) is 0 Å². The van der Waals surface area contributed by atoms with Gasteiger partial charge >= 0.3 is 0 Å². The molecule has 1 aromatic carbocycles. The normalized spacial score (nSPS) is 14.8. The average molecular weight is 347 g/mol. The van der Waals surface area contributed by atoms with E-state index in [0.717, 1.165) is 5.01 Å². The molecule has 7 heteroatoms. The van der Waals surface area contributed by atoms with Gasteiger partial charge in [0.2, 0.25) is 5.91 Å². The van der Waals surface area contributed by atoms with Crippen molar-refractivity contribution in [2.75, 3.05) is 26.2 Å². The average Bonchev–Trinajstić information content (AvgIpc) is 2.96. The number of hydrogen-bond acceptors (Lipinski definition) is 4. The molecule has 0 spiro atoms. The van der Waals surface area contributed by atoms with Gasteiger partial charge in [0.15, 0.2) is 0 Å². The fourth-order valence-electron chi connectivity index (χ4n) is 2.77. The van der Waals surface area contributed by atoms with Crippen LogP contribution in [0.25, 0.3) is 10.4 Å². The molecule has 24 heavy (non-hydrogen) atoms. The Labute approximate surface area is 143 Å². The minimum Gasteiger partial charge on any atom is -0.339 e. The number of amides is 2. The highest BCUT2D eigenvalue weighted by Gasteiger charge is 2.28. The number of hydrogen-bond donors (Lipinski definition) is 0. The van der Waals surface area contributed by atoms with Crippen molar-refractivity contribution in [2.24, 2.45) is 0 Å². The van der Waals surface area contributed by atoms with E-state index in [1.54, 1.807) is 34.9 Å². The Morgan fingerprint density at radius 1 is 1.12 bits per heavy atom. The number of benzene rings is 1. The molecule has 0 atom stereocenters. The smallest absolute Gasteiger partial charge is 0.274 e. The lowest BCUT2D eigenvalue weighted by Gasteiger charge is -2.34. The molecule has 2 heterocycles. The van der Waals surface area contributed by atoms with Gasteiger partial charge in [-0.2, -0.15) is 0 Å². The van der Waals surface area contributed by atoms with Crippen LogP contribution in [0, 0.1) is 12.7 Å². The van der Waals surface area contributed by atoms with E-state index in [1.807, 2.05) is 0 Å². The summed E-state index contributed by atoms with van der Waals surface area (Å²) >= 11 is 1.32. The zero-order chi connectivity index (χ0) is 17.3. The van der Waals surface area contributed by atoms with Gasteiger partial charge in [-0.3, -0.25) is 9.59 Å². The molecule has 3 rings (SSSR count). The maximum Gasteiger partial charge on any atom is 0.274 e. The molecule has 1 aromatic heterocycles. The van der Waals surface area contributed by atoms with E-state index in [4.69, 9.17) is 0 Å². The lowest BCUT2D eigenvalue weighted by atomic mass is 10.1. The summed E-state index contributed by atoms with van der Waals surface area (Å²) < 4.78 is 14.1. The van der Waals surface area contributed by atoms with Crippen LogP contribution in [0.5, 0.6) is 0 Å². The molecule has 1 fully saturated rings. The Bertz CT molecular complexity index is 782. The van der Waals surface area contributed by atoms with Gasteiger partial charge in [-0.1, -0.05) is 18.2 Å². The number of thiazole rings is 1. The van der Waals surface area contributed by atoms with E-state index in [1.165, 1.54) is 24.3 Å². The van der Waals surface area contributed by atoms with Crippen LogP contribution in [0.15, 0.2) is 24.3 Å². The fraction of sp³-hybridized carbons (Fsp3) is 0.353. The van der Waals surface area contributed by atoms with Crippen LogP contribution in [-0.2, 0) is 4.79 Å². The number of aromatic nitrogens is 1. The minimum absolute atomic E-state index is 0.0126. The first-order valence-electron chi connectivity index (χ1n) is 7.74. The fourth-order valence-corrected chi connectivity index (χ4v) is 3.71. The van der Waals surface area contributed by atoms with E-state index in [2.05, 4.69) is 4.98 Å². The number of carbonyl (C=O) groups excluding carboxylic acids is 2. The molecule has 1 saturated heterocycles. The monoisotopic (exact) mass is 347 g/mol. The first-order valence-corrected chi connectivity index (χ1v) is 8.56. The molecule has 1 aliphatic rings. The van der Waals surface area contributed by atoms with Crippen LogP contribution in [-0.4, -0.2) is 52.8 Å². The highest BCUT2D eigenvalue weighted by atomic mass is 32.1. The minimum atomic E-state index is -0.364. The third-order valence-electron chi connectivity index (χ3n) is 4.07. The van der Waals surface area contributed by atoms with Crippen LogP contribution in [0.4, 0.5) is 4.39 Å². The molecule has 0 bridgehead atoms. The first kappa shape index (κ1) is 16.6. The molecular formula is C17H18FN3O2S. The van der Waals surface area contributed by atoms with Gasteiger partial charge < -0.3 is 9.80 Å². The summed E-state index contributed by atoms with van der Waals surface area (Å²) in [6.45, 7) is 5.28. The van der Waals surface area contributed by atoms with Gasteiger partial charge in [-0.05, 0) is 13.0 Å². The molecular weight excluding hydrogens is 329 g/mol. The molecule has 126 valence electrons. The van der Waals surface area contributed by atoms with Gasteiger partial charge in [-0.15, -0.1) is 11.3 Å². The quantitative estimate of drug-likeness (QED) is 0.839. The molecule has 2 aromatic rings. The second kappa shape index (κ2) is 6.68. The van der Waals surface area contributed by atoms with Gasteiger partial charge in [0, 0.05) is 38.7 Å². The number of aryl methyl sites for hydroxylation is 1. The zero-order valence-electron chi connectivity index (χ0n) is 13.6. The van der Waals surface area contributed by atoms with Crippen LogP contribution in [0.3, 0.4) is 0 Å². The largest absolute Gasteiger partial charge is 0.339 e. The summed E-state index contributed by atoms with van der Waals surface area (Å²) in [5.41, 5.74) is 0.688.